The molecule has 1 fully saturated rings. The highest BCUT2D eigenvalue weighted by atomic mass is 16.5. The van der Waals surface area contributed by atoms with Crippen molar-refractivity contribution >= 4 is 17.8 Å². The molecule has 1 N–H and O–H groups in total. The van der Waals surface area contributed by atoms with Crippen LogP contribution >= 0.6 is 0 Å². The van der Waals surface area contributed by atoms with Crippen LogP contribution in [-0.2, 0) is 11.3 Å². The van der Waals surface area contributed by atoms with Gasteiger partial charge in [0.1, 0.15) is 17.1 Å². The molecular formula is C19H24N4O5. The molecule has 3 heterocycles. The number of carbonyl (C=O) groups is 2. The Bertz CT molecular complexity index is 848. The van der Waals surface area contributed by atoms with Crippen molar-refractivity contribution in [2.24, 2.45) is 4.99 Å². The van der Waals surface area contributed by atoms with Gasteiger partial charge in [0.2, 0.25) is 0 Å². The quantitative estimate of drug-likeness (QED) is 0.481. The molecule has 9 nitrogen and oxygen atoms in total. The standard InChI is InChI=1S/C19H24N4O5/c1-13-15(18(25)26-3)11-14(28-13)12-21-19(20-2)23-8-6-22(7-9-23)17(24)16-5-4-10-27-16/h4-5,10-11H,6-9,12H2,1-3H3,(H,20,21). The molecule has 0 aliphatic carbocycles. The van der Waals surface area contributed by atoms with E-state index in [1.54, 1.807) is 37.1 Å². The molecule has 1 aliphatic rings. The molecule has 1 amide bonds. The van der Waals surface area contributed by atoms with E-state index in [1.165, 1.54) is 13.4 Å². The molecule has 0 spiro atoms. The average molecular weight is 388 g/mol. The van der Waals surface area contributed by atoms with Crippen molar-refractivity contribution in [3.63, 3.8) is 0 Å². The Hall–Kier alpha value is -3.23. The maximum atomic E-state index is 12.3. The molecule has 1 saturated heterocycles. The number of ether oxygens (including phenoxy) is 1. The number of nitrogens with one attached hydrogen (secondary N) is 1. The largest absolute Gasteiger partial charge is 0.465 e. The molecule has 3 rings (SSSR count). The monoisotopic (exact) mass is 388 g/mol. The van der Waals surface area contributed by atoms with E-state index >= 15 is 0 Å². The molecule has 28 heavy (non-hydrogen) atoms. The van der Waals surface area contributed by atoms with Gasteiger partial charge in [0, 0.05) is 33.2 Å². The topological polar surface area (TPSA) is 101 Å². The molecule has 150 valence electrons. The minimum absolute atomic E-state index is 0.103. The normalized spacial score (nSPS) is 14.9. The number of rotatable bonds is 4. The Labute approximate surface area is 162 Å². The highest BCUT2D eigenvalue weighted by Crippen LogP contribution is 2.16. The van der Waals surface area contributed by atoms with Crippen LogP contribution in [0.5, 0.6) is 0 Å². The van der Waals surface area contributed by atoms with Crippen LogP contribution in [0.3, 0.4) is 0 Å². The van der Waals surface area contributed by atoms with Crippen molar-refractivity contribution in [1.82, 2.24) is 15.1 Å². The van der Waals surface area contributed by atoms with E-state index in [1.807, 2.05) is 0 Å². The smallest absolute Gasteiger partial charge is 0.341 e. The average Bonchev–Trinajstić information content (AvgIpc) is 3.38. The first-order chi connectivity index (χ1) is 13.5. The van der Waals surface area contributed by atoms with Gasteiger partial charge in [0.25, 0.3) is 5.91 Å². The third kappa shape index (κ3) is 4.19. The number of amides is 1. The molecular weight excluding hydrogens is 364 g/mol. The maximum absolute atomic E-state index is 12.3. The van der Waals surface area contributed by atoms with E-state index in [2.05, 4.69) is 15.2 Å². The highest BCUT2D eigenvalue weighted by molar-refractivity contribution is 5.92. The zero-order valence-corrected chi connectivity index (χ0v) is 16.2. The van der Waals surface area contributed by atoms with Gasteiger partial charge < -0.3 is 28.7 Å². The summed E-state index contributed by atoms with van der Waals surface area (Å²) in [4.78, 5) is 32.2. The second-order valence-corrected chi connectivity index (χ2v) is 6.33. The number of esters is 1. The second-order valence-electron chi connectivity index (χ2n) is 6.33. The number of aryl methyl sites for hydroxylation is 1. The Morgan fingerprint density at radius 3 is 2.57 bits per heavy atom. The van der Waals surface area contributed by atoms with E-state index in [-0.39, 0.29) is 5.91 Å². The van der Waals surface area contributed by atoms with Crippen LogP contribution in [0.15, 0.2) is 38.3 Å². The Morgan fingerprint density at radius 2 is 1.96 bits per heavy atom. The summed E-state index contributed by atoms with van der Waals surface area (Å²) in [5.41, 5.74) is 0.416. The first-order valence-electron chi connectivity index (χ1n) is 8.99. The zero-order chi connectivity index (χ0) is 20.1. The van der Waals surface area contributed by atoms with Crippen LogP contribution in [0.4, 0.5) is 0 Å². The van der Waals surface area contributed by atoms with Gasteiger partial charge in [-0.2, -0.15) is 0 Å². The molecule has 0 saturated carbocycles. The molecule has 2 aromatic heterocycles. The van der Waals surface area contributed by atoms with Crippen molar-refractivity contribution < 1.29 is 23.2 Å². The lowest BCUT2D eigenvalue weighted by molar-refractivity contribution is 0.0598. The van der Waals surface area contributed by atoms with Crippen LogP contribution in [0.2, 0.25) is 0 Å². The number of hydrogen-bond donors (Lipinski definition) is 1. The number of piperazine rings is 1. The van der Waals surface area contributed by atoms with Crippen LogP contribution in [0.25, 0.3) is 0 Å². The first kappa shape index (κ1) is 19.5. The SMILES string of the molecule is CN=C(NCc1cc(C(=O)OC)c(C)o1)N1CCN(C(=O)c2ccco2)CC1. The minimum Gasteiger partial charge on any atom is -0.465 e. The van der Waals surface area contributed by atoms with Gasteiger partial charge in [0.15, 0.2) is 11.7 Å². The van der Waals surface area contributed by atoms with Crippen LogP contribution in [-0.4, -0.2) is 68.0 Å². The second kappa shape index (κ2) is 8.64. The lowest BCUT2D eigenvalue weighted by atomic mass is 10.2. The maximum Gasteiger partial charge on any atom is 0.341 e. The number of guanidine groups is 1. The van der Waals surface area contributed by atoms with Crippen LogP contribution in [0.1, 0.15) is 32.4 Å². The van der Waals surface area contributed by atoms with Gasteiger partial charge in [-0.25, -0.2) is 4.79 Å². The lowest BCUT2D eigenvalue weighted by Gasteiger charge is -2.36. The van der Waals surface area contributed by atoms with Crippen LogP contribution in [0, 0.1) is 6.92 Å². The molecule has 2 aromatic rings. The Balaban J connectivity index is 1.54. The van der Waals surface area contributed by atoms with Crippen molar-refractivity contribution in [3.8, 4) is 0 Å². The molecule has 1 aliphatic heterocycles. The number of aliphatic imine (C=N–C) groups is 1. The predicted molar refractivity (Wildman–Crippen MR) is 101 cm³/mol. The van der Waals surface area contributed by atoms with E-state index in [9.17, 15) is 9.59 Å². The number of methoxy groups -OCH3 is 1. The van der Waals surface area contributed by atoms with Gasteiger partial charge in [-0.1, -0.05) is 0 Å². The van der Waals surface area contributed by atoms with Crippen molar-refractivity contribution in [2.45, 2.75) is 13.5 Å². The molecule has 0 bridgehead atoms. The van der Waals surface area contributed by atoms with Gasteiger partial charge in [0.05, 0.1) is 19.9 Å². The van der Waals surface area contributed by atoms with Gasteiger partial charge in [-0.3, -0.25) is 9.79 Å². The summed E-state index contributed by atoms with van der Waals surface area (Å²) in [5, 5.41) is 3.23. The van der Waals surface area contributed by atoms with E-state index in [0.717, 1.165) is 0 Å². The van der Waals surface area contributed by atoms with Crippen LogP contribution < -0.4 is 5.32 Å². The van der Waals surface area contributed by atoms with Crippen molar-refractivity contribution in [2.75, 3.05) is 40.3 Å². The molecule has 9 heteroatoms. The van der Waals surface area contributed by atoms with Gasteiger partial charge in [-0.05, 0) is 25.1 Å². The fraction of sp³-hybridized carbons (Fsp3) is 0.421. The summed E-state index contributed by atoms with van der Waals surface area (Å²) < 4.78 is 15.5. The Kier molecular flexibility index (Phi) is 6.03. The Morgan fingerprint density at radius 1 is 1.25 bits per heavy atom. The first-order valence-corrected chi connectivity index (χ1v) is 8.99. The van der Waals surface area contributed by atoms with Gasteiger partial charge in [-0.15, -0.1) is 0 Å². The highest BCUT2D eigenvalue weighted by Gasteiger charge is 2.25. The van der Waals surface area contributed by atoms with Crippen molar-refractivity contribution in [3.05, 3.63) is 47.3 Å². The van der Waals surface area contributed by atoms with E-state index in [0.29, 0.717) is 61.5 Å². The fourth-order valence-electron chi connectivity index (χ4n) is 3.12. The third-order valence-electron chi connectivity index (χ3n) is 4.61. The lowest BCUT2D eigenvalue weighted by Crippen LogP contribution is -2.53. The van der Waals surface area contributed by atoms with Gasteiger partial charge >= 0.3 is 5.97 Å². The number of hydrogen-bond acceptors (Lipinski definition) is 6. The minimum atomic E-state index is -0.422. The summed E-state index contributed by atoms with van der Waals surface area (Å²) in [6.45, 7) is 4.56. The molecule has 0 aromatic carbocycles. The summed E-state index contributed by atoms with van der Waals surface area (Å²) in [6, 6.07) is 5.04. The molecule has 0 radical (unpaired) electrons. The zero-order valence-electron chi connectivity index (χ0n) is 16.2. The van der Waals surface area contributed by atoms with E-state index < -0.39 is 5.97 Å². The number of furan rings is 2. The summed E-state index contributed by atoms with van der Waals surface area (Å²) in [7, 11) is 3.04. The summed E-state index contributed by atoms with van der Waals surface area (Å²) >= 11 is 0. The van der Waals surface area contributed by atoms with E-state index in [4.69, 9.17) is 13.6 Å². The van der Waals surface area contributed by atoms with Crippen molar-refractivity contribution in [1.29, 1.82) is 0 Å². The molecule has 0 atom stereocenters. The third-order valence-corrected chi connectivity index (χ3v) is 4.61. The summed E-state index contributed by atoms with van der Waals surface area (Å²) in [5.74, 6) is 1.67. The number of nitrogens with zero attached hydrogens (tertiary/aromatic N) is 3. The predicted octanol–water partition coefficient (Wildman–Crippen LogP) is 1.50. The molecule has 0 unspecified atom stereocenters. The number of carbonyl (C=O) groups excluding carboxylic acids is 2. The summed E-state index contributed by atoms with van der Waals surface area (Å²) in [6.07, 6.45) is 1.50. The fourth-order valence-corrected chi connectivity index (χ4v) is 3.12.